The SMILES string of the molecule is Cc1cc(C)c(C(=O)N2C[C@@H](CN(C)CCN(C)C)[C@@H](CO)C2)cn1. The quantitative estimate of drug-likeness (QED) is 0.792. The minimum atomic E-state index is 0.0295. The molecule has 0 spiro atoms. The highest BCUT2D eigenvalue weighted by atomic mass is 16.3. The molecule has 1 aliphatic heterocycles. The fraction of sp³-hybridized carbons (Fsp3) is 0.684. The summed E-state index contributed by atoms with van der Waals surface area (Å²) in [5.74, 6) is 0.478. The van der Waals surface area contributed by atoms with Gasteiger partial charge in [0.2, 0.25) is 0 Å². The Bertz CT molecular complexity index is 591. The molecule has 25 heavy (non-hydrogen) atoms. The van der Waals surface area contributed by atoms with Crippen molar-refractivity contribution < 1.29 is 9.90 Å². The van der Waals surface area contributed by atoms with Crippen LogP contribution in [-0.2, 0) is 0 Å². The lowest BCUT2D eigenvalue weighted by Crippen LogP contribution is -2.35. The van der Waals surface area contributed by atoms with Gasteiger partial charge in [0.1, 0.15) is 0 Å². The second-order valence-corrected chi connectivity index (χ2v) is 7.62. The Labute approximate surface area is 151 Å². The van der Waals surface area contributed by atoms with E-state index < -0.39 is 0 Å². The number of nitrogens with zero attached hydrogens (tertiary/aromatic N) is 4. The number of hydrogen-bond donors (Lipinski definition) is 1. The molecule has 2 heterocycles. The molecular formula is C19H32N4O2. The minimum absolute atomic E-state index is 0.0295. The number of aliphatic hydroxyl groups excluding tert-OH is 1. The lowest BCUT2D eigenvalue weighted by molar-refractivity contribution is 0.0778. The number of likely N-dealkylation sites (N-methyl/N-ethyl adjacent to an activating group) is 2. The van der Waals surface area contributed by atoms with Crippen LogP contribution in [0.5, 0.6) is 0 Å². The third-order valence-corrected chi connectivity index (χ3v) is 5.05. The van der Waals surface area contributed by atoms with Gasteiger partial charge in [-0.15, -0.1) is 0 Å². The minimum Gasteiger partial charge on any atom is -0.396 e. The molecule has 0 radical (unpaired) electrons. The second kappa shape index (κ2) is 8.74. The molecule has 2 atom stereocenters. The monoisotopic (exact) mass is 348 g/mol. The van der Waals surface area contributed by atoms with Gasteiger partial charge in [-0.25, -0.2) is 0 Å². The molecule has 0 saturated carbocycles. The number of amides is 1. The Kier molecular flexibility index (Phi) is 6.93. The van der Waals surface area contributed by atoms with Crippen molar-refractivity contribution >= 4 is 5.91 Å². The first-order valence-corrected chi connectivity index (χ1v) is 8.98. The van der Waals surface area contributed by atoms with Gasteiger partial charge in [-0.1, -0.05) is 0 Å². The van der Waals surface area contributed by atoms with E-state index in [9.17, 15) is 9.90 Å². The molecule has 1 saturated heterocycles. The highest BCUT2D eigenvalue weighted by Gasteiger charge is 2.36. The van der Waals surface area contributed by atoms with Crippen molar-refractivity contribution in [3.8, 4) is 0 Å². The highest BCUT2D eigenvalue weighted by molar-refractivity contribution is 5.95. The molecule has 6 nitrogen and oxygen atoms in total. The summed E-state index contributed by atoms with van der Waals surface area (Å²) in [5, 5.41) is 9.75. The van der Waals surface area contributed by atoms with Crippen LogP contribution in [0.15, 0.2) is 12.3 Å². The molecule has 1 aromatic rings. The largest absolute Gasteiger partial charge is 0.396 e. The predicted molar refractivity (Wildman–Crippen MR) is 99.7 cm³/mol. The zero-order valence-electron chi connectivity index (χ0n) is 16.2. The van der Waals surface area contributed by atoms with E-state index in [1.807, 2.05) is 24.8 Å². The van der Waals surface area contributed by atoms with Gasteiger partial charge in [-0.2, -0.15) is 0 Å². The van der Waals surface area contributed by atoms with Crippen LogP contribution in [0.4, 0.5) is 0 Å². The summed E-state index contributed by atoms with van der Waals surface area (Å²) in [6.45, 7) is 8.21. The lowest BCUT2D eigenvalue weighted by atomic mass is 9.96. The molecule has 0 aliphatic carbocycles. The Morgan fingerprint density at radius 3 is 2.52 bits per heavy atom. The molecule has 1 amide bonds. The summed E-state index contributed by atoms with van der Waals surface area (Å²) in [5.41, 5.74) is 2.55. The van der Waals surface area contributed by atoms with E-state index >= 15 is 0 Å². The third-order valence-electron chi connectivity index (χ3n) is 5.05. The van der Waals surface area contributed by atoms with Gasteiger partial charge in [-0.05, 0) is 52.5 Å². The van der Waals surface area contributed by atoms with E-state index in [4.69, 9.17) is 0 Å². The molecule has 0 unspecified atom stereocenters. The maximum Gasteiger partial charge on any atom is 0.255 e. The van der Waals surface area contributed by atoms with Crippen LogP contribution in [0.3, 0.4) is 0 Å². The number of aliphatic hydroxyl groups is 1. The Balaban J connectivity index is 2.01. The standard InChI is InChI=1S/C19H32N4O2/c1-14-8-15(2)20-9-18(14)19(25)23-11-16(17(12-23)13-24)10-22(5)7-6-21(3)4/h8-9,16-17,24H,6-7,10-13H2,1-5H3/t16-,17-/m1/s1. The number of hydrogen-bond acceptors (Lipinski definition) is 5. The Morgan fingerprint density at radius 1 is 1.24 bits per heavy atom. The number of aromatic nitrogens is 1. The molecule has 1 aromatic heterocycles. The van der Waals surface area contributed by atoms with Crippen molar-refractivity contribution in [2.75, 3.05) is 60.5 Å². The predicted octanol–water partition coefficient (Wildman–Crippen LogP) is 0.872. The lowest BCUT2D eigenvalue weighted by Gasteiger charge is -2.25. The van der Waals surface area contributed by atoms with Crippen LogP contribution >= 0.6 is 0 Å². The number of aryl methyl sites for hydroxylation is 2. The number of carbonyl (C=O) groups excluding carboxylic acids is 1. The van der Waals surface area contributed by atoms with Gasteiger partial charge in [0.25, 0.3) is 5.91 Å². The third kappa shape index (κ3) is 5.23. The number of likely N-dealkylation sites (tertiary alicyclic amines) is 1. The average molecular weight is 348 g/mol. The van der Waals surface area contributed by atoms with E-state index in [1.54, 1.807) is 6.20 Å². The molecule has 1 aliphatic rings. The fourth-order valence-electron chi connectivity index (χ4n) is 3.47. The van der Waals surface area contributed by atoms with Crippen LogP contribution in [0.1, 0.15) is 21.6 Å². The molecule has 6 heteroatoms. The van der Waals surface area contributed by atoms with Crippen LogP contribution in [0, 0.1) is 25.7 Å². The van der Waals surface area contributed by atoms with Crippen molar-refractivity contribution in [1.29, 1.82) is 0 Å². The first-order chi connectivity index (χ1) is 11.8. The van der Waals surface area contributed by atoms with Crippen molar-refractivity contribution in [2.45, 2.75) is 13.8 Å². The summed E-state index contributed by atoms with van der Waals surface area (Å²) in [4.78, 5) is 23.5. The van der Waals surface area contributed by atoms with Gasteiger partial charge in [-0.3, -0.25) is 9.78 Å². The highest BCUT2D eigenvalue weighted by Crippen LogP contribution is 2.26. The van der Waals surface area contributed by atoms with Crippen molar-refractivity contribution in [1.82, 2.24) is 19.7 Å². The molecule has 1 fully saturated rings. The first-order valence-electron chi connectivity index (χ1n) is 8.98. The van der Waals surface area contributed by atoms with Crippen LogP contribution < -0.4 is 0 Å². The summed E-state index contributed by atoms with van der Waals surface area (Å²) in [6.07, 6.45) is 1.68. The number of carbonyl (C=O) groups is 1. The zero-order valence-corrected chi connectivity index (χ0v) is 16.2. The summed E-state index contributed by atoms with van der Waals surface area (Å²) in [6, 6.07) is 1.94. The van der Waals surface area contributed by atoms with Crippen LogP contribution in [-0.4, -0.2) is 91.2 Å². The molecule has 0 aromatic carbocycles. The average Bonchev–Trinajstić information content (AvgIpc) is 2.95. The summed E-state index contributed by atoms with van der Waals surface area (Å²) in [7, 11) is 6.24. The Hall–Kier alpha value is -1.50. The zero-order chi connectivity index (χ0) is 18.6. The molecule has 0 bridgehead atoms. The summed E-state index contributed by atoms with van der Waals surface area (Å²) < 4.78 is 0. The van der Waals surface area contributed by atoms with Gasteiger partial charge >= 0.3 is 0 Å². The van der Waals surface area contributed by atoms with E-state index in [-0.39, 0.29) is 18.4 Å². The van der Waals surface area contributed by atoms with Gasteiger partial charge in [0.15, 0.2) is 0 Å². The summed E-state index contributed by atoms with van der Waals surface area (Å²) >= 11 is 0. The molecule has 1 N–H and O–H groups in total. The Morgan fingerprint density at radius 2 is 1.92 bits per heavy atom. The molecule has 140 valence electrons. The molecular weight excluding hydrogens is 316 g/mol. The van der Waals surface area contributed by atoms with Gasteiger partial charge < -0.3 is 19.8 Å². The van der Waals surface area contributed by atoms with Gasteiger partial charge in [0, 0.05) is 57.1 Å². The maximum absolute atomic E-state index is 12.9. The first kappa shape index (κ1) is 19.8. The van der Waals surface area contributed by atoms with E-state index in [0.29, 0.717) is 24.6 Å². The fourth-order valence-corrected chi connectivity index (χ4v) is 3.47. The van der Waals surface area contributed by atoms with E-state index in [0.717, 1.165) is 30.9 Å². The normalized spacial score (nSPS) is 20.7. The second-order valence-electron chi connectivity index (χ2n) is 7.62. The number of rotatable bonds is 7. The smallest absolute Gasteiger partial charge is 0.255 e. The van der Waals surface area contributed by atoms with Crippen molar-refractivity contribution in [3.05, 3.63) is 29.1 Å². The van der Waals surface area contributed by atoms with E-state index in [2.05, 4.69) is 35.9 Å². The van der Waals surface area contributed by atoms with Crippen molar-refractivity contribution in [3.63, 3.8) is 0 Å². The van der Waals surface area contributed by atoms with Crippen LogP contribution in [0.2, 0.25) is 0 Å². The van der Waals surface area contributed by atoms with Gasteiger partial charge in [0.05, 0.1) is 5.56 Å². The van der Waals surface area contributed by atoms with Crippen LogP contribution in [0.25, 0.3) is 0 Å². The number of pyridine rings is 1. The van der Waals surface area contributed by atoms with E-state index in [1.165, 1.54) is 0 Å². The maximum atomic E-state index is 12.9. The van der Waals surface area contributed by atoms with Crippen molar-refractivity contribution in [2.24, 2.45) is 11.8 Å². The molecule has 2 rings (SSSR count). The topological polar surface area (TPSA) is 59.9 Å².